The average molecular weight is 411 g/mol. The number of carbonyl (C=O) groups is 2. The number of benzene rings is 2. The van der Waals surface area contributed by atoms with Crippen molar-refractivity contribution in [2.24, 2.45) is 0 Å². The maximum Gasteiger partial charge on any atom is 0.306 e. The molecule has 7 nitrogen and oxygen atoms in total. The Morgan fingerprint density at radius 3 is 2.60 bits per heavy atom. The minimum Gasteiger partial charge on any atom is -0.493 e. The molecule has 2 unspecified atom stereocenters. The molecule has 1 fully saturated rings. The van der Waals surface area contributed by atoms with Crippen molar-refractivity contribution in [3.05, 3.63) is 41.5 Å². The van der Waals surface area contributed by atoms with Crippen molar-refractivity contribution in [1.29, 1.82) is 0 Å². The van der Waals surface area contributed by atoms with E-state index in [4.69, 9.17) is 18.9 Å². The highest BCUT2D eigenvalue weighted by atomic mass is 16.6. The van der Waals surface area contributed by atoms with Gasteiger partial charge in [-0.15, -0.1) is 0 Å². The van der Waals surface area contributed by atoms with Crippen molar-refractivity contribution in [3.8, 4) is 28.4 Å². The zero-order valence-electron chi connectivity index (χ0n) is 17.5. The SMILES string of the molecule is CCC(=O)OC1(C)CC1Oc1c(-c2ccc3c(c2)CNC3=O)ccc(OC)c1OC. The predicted octanol–water partition coefficient (Wildman–Crippen LogP) is 3.48. The highest BCUT2D eigenvalue weighted by Gasteiger charge is 2.57. The first-order valence-electron chi connectivity index (χ1n) is 9.95. The topological polar surface area (TPSA) is 83.1 Å². The summed E-state index contributed by atoms with van der Waals surface area (Å²) in [5.74, 6) is 1.22. The zero-order chi connectivity index (χ0) is 21.5. The molecule has 30 heavy (non-hydrogen) atoms. The summed E-state index contributed by atoms with van der Waals surface area (Å²) >= 11 is 0. The molecule has 1 aliphatic carbocycles. The maximum absolute atomic E-state index is 11.9. The van der Waals surface area contributed by atoms with Gasteiger partial charge in [-0.25, -0.2) is 0 Å². The fourth-order valence-electron chi connectivity index (χ4n) is 3.70. The van der Waals surface area contributed by atoms with Gasteiger partial charge in [-0.3, -0.25) is 9.59 Å². The summed E-state index contributed by atoms with van der Waals surface area (Å²) < 4.78 is 22.9. The first kappa shape index (κ1) is 20.1. The molecule has 4 rings (SSSR count). The van der Waals surface area contributed by atoms with Crippen molar-refractivity contribution >= 4 is 11.9 Å². The first-order chi connectivity index (χ1) is 14.4. The number of ether oxygens (including phenoxy) is 4. The monoisotopic (exact) mass is 411 g/mol. The van der Waals surface area contributed by atoms with Gasteiger partial charge in [0.15, 0.2) is 11.5 Å². The molecule has 0 radical (unpaired) electrons. The predicted molar refractivity (Wildman–Crippen MR) is 110 cm³/mol. The molecule has 0 aromatic heterocycles. The third kappa shape index (κ3) is 3.44. The second-order valence-corrected chi connectivity index (χ2v) is 7.68. The van der Waals surface area contributed by atoms with Crippen molar-refractivity contribution in [2.45, 2.75) is 44.9 Å². The molecule has 1 saturated carbocycles. The lowest BCUT2D eigenvalue weighted by atomic mass is 9.99. The second kappa shape index (κ2) is 7.55. The fraction of sp³-hybridized carbons (Fsp3) is 0.391. The van der Waals surface area contributed by atoms with E-state index < -0.39 is 5.60 Å². The standard InChI is InChI=1S/C23H25NO6/c1-5-19(25)30-23(2)11-18(23)29-20-15(8-9-17(27-3)21(20)28-4)13-6-7-16-14(10-13)12-24-22(16)26/h6-10,18H,5,11-12H2,1-4H3,(H,24,26). The average Bonchev–Trinajstić information content (AvgIpc) is 3.22. The molecule has 2 aromatic carbocycles. The Labute approximate surface area is 175 Å². The molecule has 0 saturated heterocycles. The van der Waals surface area contributed by atoms with Crippen LogP contribution in [0.1, 0.15) is 42.6 Å². The Bertz CT molecular complexity index is 1020. The van der Waals surface area contributed by atoms with E-state index in [0.717, 1.165) is 16.7 Å². The van der Waals surface area contributed by atoms with Crippen LogP contribution in [0.5, 0.6) is 17.2 Å². The number of carbonyl (C=O) groups excluding carboxylic acids is 2. The van der Waals surface area contributed by atoms with Crippen molar-refractivity contribution < 1.29 is 28.5 Å². The van der Waals surface area contributed by atoms with Crippen LogP contribution < -0.4 is 19.5 Å². The van der Waals surface area contributed by atoms with Crippen molar-refractivity contribution in [1.82, 2.24) is 5.32 Å². The van der Waals surface area contributed by atoms with Gasteiger partial charge < -0.3 is 24.3 Å². The van der Waals surface area contributed by atoms with Crippen LogP contribution in [-0.2, 0) is 16.1 Å². The minimum atomic E-state index is -0.660. The molecule has 2 aliphatic rings. The lowest BCUT2D eigenvalue weighted by Crippen LogP contribution is -2.22. The van der Waals surface area contributed by atoms with E-state index in [0.29, 0.717) is 42.2 Å². The van der Waals surface area contributed by atoms with E-state index in [-0.39, 0.29) is 18.0 Å². The van der Waals surface area contributed by atoms with Gasteiger partial charge in [0.2, 0.25) is 5.75 Å². The van der Waals surface area contributed by atoms with Gasteiger partial charge >= 0.3 is 5.97 Å². The molecule has 1 amide bonds. The van der Waals surface area contributed by atoms with Gasteiger partial charge in [-0.2, -0.15) is 0 Å². The summed E-state index contributed by atoms with van der Waals surface area (Å²) in [7, 11) is 3.13. The number of nitrogens with one attached hydrogen (secondary N) is 1. The van der Waals surface area contributed by atoms with Crippen molar-refractivity contribution in [2.75, 3.05) is 14.2 Å². The smallest absolute Gasteiger partial charge is 0.306 e. The minimum absolute atomic E-state index is 0.0631. The molecule has 7 heteroatoms. The van der Waals surface area contributed by atoms with E-state index in [1.807, 2.05) is 37.3 Å². The number of hydrogen-bond donors (Lipinski definition) is 1. The Kier molecular flexibility index (Phi) is 5.05. The summed E-state index contributed by atoms with van der Waals surface area (Å²) in [6.45, 7) is 4.13. The molecule has 1 aliphatic heterocycles. The summed E-state index contributed by atoms with van der Waals surface area (Å²) in [5, 5.41) is 2.83. The molecule has 2 aromatic rings. The summed E-state index contributed by atoms with van der Waals surface area (Å²) in [6.07, 6.45) is 0.629. The lowest BCUT2D eigenvalue weighted by molar-refractivity contribution is -0.151. The number of hydrogen-bond acceptors (Lipinski definition) is 6. The third-order valence-electron chi connectivity index (χ3n) is 5.61. The molecular formula is C23H25NO6. The zero-order valence-corrected chi connectivity index (χ0v) is 17.5. The van der Waals surface area contributed by atoms with E-state index in [2.05, 4.69) is 5.32 Å². The highest BCUT2D eigenvalue weighted by Crippen LogP contribution is 2.50. The number of methoxy groups -OCH3 is 2. The second-order valence-electron chi connectivity index (χ2n) is 7.68. The van der Waals surface area contributed by atoms with Crippen LogP contribution in [-0.4, -0.2) is 37.8 Å². The van der Waals surface area contributed by atoms with E-state index >= 15 is 0 Å². The van der Waals surface area contributed by atoms with Gasteiger partial charge in [0, 0.05) is 30.5 Å². The van der Waals surface area contributed by atoms with E-state index in [9.17, 15) is 9.59 Å². The molecule has 1 heterocycles. The van der Waals surface area contributed by atoms with Gasteiger partial charge in [0.05, 0.1) is 14.2 Å². The number of esters is 1. The quantitative estimate of drug-likeness (QED) is 0.703. The van der Waals surface area contributed by atoms with E-state index in [1.165, 1.54) is 0 Å². The Morgan fingerprint density at radius 2 is 1.90 bits per heavy atom. The number of amides is 1. The molecule has 0 spiro atoms. The Balaban J connectivity index is 1.72. The van der Waals surface area contributed by atoms with Crippen LogP contribution in [0.25, 0.3) is 11.1 Å². The summed E-state index contributed by atoms with van der Waals surface area (Å²) in [5.41, 5.74) is 2.67. The summed E-state index contributed by atoms with van der Waals surface area (Å²) in [4.78, 5) is 23.6. The number of fused-ring (bicyclic) bond motifs is 1. The van der Waals surface area contributed by atoms with Crippen LogP contribution in [0.2, 0.25) is 0 Å². The molecule has 0 bridgehead atoms. The maximum atomic E-state index is 11.9. The van der Waals surface area contributed by atoms with Gasteiger partial charge in [0.25, 0.3) is 5.91 Å². The molecule has 158 valence electrons. The fourth-order valence-corrected chi connectivity index (χ4v) is 3.70. The first-order valence-corrected chi connectivity index (χ1v) is 9.95. The highest BCUT2D eigenvalue weighted by molar-refractivity contribution is 5.99. The summed E-state index contributed by atoms with van der Waals surface area (Å²) in [6, 6.07) is 9.41. The van der Waals surface area contributed by atoms with E-state index in [1.54, 1.807) is 21.1 Å². The Morgan fingerprint density at radius 1 is 1.13 bits per heavy atom. The van der Waals surface area contributed by atoms with Crippen LogP contribution in [0, 0.1) is 0 Å². The van der Waals surface area contributed by atoms with Crippen LogP contribution in [0.3, 0.4) is 0 Å². The van der Waals surface area contributed by atoms with Gasteiger partial charge in [-0.05, 0) is 42.3 Å². The molecule has 1 N–H and O–H groups in total. The largest absolute Gasteiger partial charge is 0.493 e. The lowest BCUT2D eigenvalue weighted by Gasteiger charge is -2.20. The van der Waals surface area contributed by atoms with Crippen LogP contribution >= 0.6 is 0 Å². The van der Waals surface area contributed by atoms with Crippen LogP contribution in [0.4, 0.5) is 0 Å². The Hall–Kier alpha value is -3.22. The van der Waals surface area contributed by atoms with Crippen LogP contribution in [0.15, 0.2) is 30.3 Å². The van der Waals surface area contributed by atoms with Crippen molar-refractivity contribution in [3.63, 3.8) is 0 Å². The van der Waals surface area contributed by atoms with Gasteiger partial charge in [-0.1, -0.05) is 13.0 Å². The molecule has 2 atom stereocenters. The molecular weight excluding hydrogens is 386 g/mol. The third-order valence-corrected chi connectivity index (χ3v) is 5.61. The number of rotatable bonds is 7. The van der Waals surface area contributed by atoms with Gasteiger partial charge in [0.1, 0.15) is 11.7 Å². The normalized spacial score (nSPS) is 21.5.